The van der Waals surface area contributed by atoms with E-state index in [-0.39, 0.29) is 17.0 Å². The third-order valence-corrected chi connectivity index (χ3v) is 5.19. The Kier molecular flexibility index (Phi) is 7.63. The molecule has 1 aromatic carbocycles. The molecule has 23 heavy (non-hydrogen) atoms. The van der Waals surface area contributed by atoms with Crippen molar-refractivity contribution in [2.45, 2.75) is 45.4 Å². The van der Waals surface area contributed by atoms with Gasteiger partial charge in [0.15, 0.2) is 0 Å². The fourth-order valence-corrected chi connectivity index (χ4v) is 3.74. The van der Waals surface area contributed by atoms with Gasteiger partial charge in [0.1, 0.15) is 4.90 Å². The topological polar surface area (TPSA) is 118 Å². The lowest BCUT2D eigenvalue weighted by molar-refractivity contribution is -0.116. The van der Waals surface area contributed by atoms with Crippen LogP contribution in [-0.2, 0) is 21.3 Å². The first-order valence-electron chi connectivity index (χ1n) is 7.08. The van der Waals surface area contributed by atoms with Crippen molar-refractivity contribution in [3.8, 4) is 0 Å². The smallest absolute Gasteiger partial charge is 0.295 e. The van der Waals surface area contributed by atoms with Crippen molar-refractivity contribution in [3.63, 3.8) is 0 Å². The van der Waals surface area contributed by atoms with Crippen LogP contribution in [-0.4, -0.2) is 25.4 Å². The van der Waals surface area contributed by atoms with E-state index in [1.807, 2.05) is 13.8 Å². The Labute approximate surface area is 138 Å². The van der Waals surface area contributed by atoms with E-state index in [1.54, 1.807) is 13.8 Å². The molecule has 0 heterocycles. The molecule has 0 atom stereocenters. The highest BCUT2D eigenvalue weighted by Crippen LogP contribution is 2.30. The summed E-state index contributed by atoms with van der Waals surface area (Å²) in [5.74, 6) is -0.229. The van der Waals surface area contributed by atoms with Gasteiger partial charge in [0.05, 0.1) is 0 Å². The van der Waals surface area contributed by atoms with Crippen LogP contribution < -0.4 is 11.5 Å². The Morgan fingerprint density at radius 3 is 2.17 bits per heavy atom. The Hall–Kier alpha value is -1.70. The Morgan fingerprint density at radius 1 is 1.13 bits per heavy atom. The lowest BCUT2D eigenvalue weighted by Crippen LogP contribution is -2.22. The fourth-order valence-electron chi connectivity index (χ4n) is 2.69. The van der Waals surface area contributed by atoms with Crippen LogP contribution in [0.4, 0.5) is 0 Å². The van der Waals surface area contributed by atoms with Gasteiger partial charge in [0.25, 0.3) is 10.1 Å². The Bertz CT molecular complexity index is 710. The Balaban J connectivity index is 0.00000484. The molecule has 130 valence electrons. The van der Waals surface area contributed by atoms with E-state index in [0.29, 0.717) is 30.5 Å². The monoisotopic (exact) mass is 342 g/mol. The highest BCUT2D eigenvalue weighted by Gasteiger charge is 2.22. The van der Waals surface area contributed by atoms with Crippen molar-refractivity contribution in [2.75, 3.05) is 6.54 Å². The van der Waals surface area contributed by atoms with Crippen LogP contribution >= 0.6 is 0 Å². The summed E-state index contributed by atoms with van der Waals surface area (Å²) in [5.41, 5.74) is 3.96. The minimum atomic E-state index is -4.26. The molecule has 0 aromatic heterocycles. The molecule has 0 bridgehead atoms. The molecule has 1 aromatic rings. The van der Waals surface area contributed by atoms with Crippen LogP contribution in [0.1, 0.15) is 34.2 Å². The van der Waals surface area contributed by atoms with E-state index >= 15 is 0 Å². The summed E-state index contributed by atoms with van der Waals surface area (Å²) in [6, 6.07) is 0. The average Bonchev–Trinajstić information content (AvgIpc) is 2.42. The maximum absolute atomic E-state index is 11.6. The van der Waals surface area contributed by atoms with Gasteiger partial charge in [-0.15, -0.1) is 0 Å². The lowest BCUT2D eigenvalue weighted by Gasteiger charge is -2.19. The predicted octanol–water partition coefficient (Wildman–Crippen LogP) is 2.56. The van der Waals surface area contributed by atoms with Crippen molar-refractivity contribution < 1.29 is 17.8 Å². The summed E-state index contributed by atoms with van der Waals surface area (Å²) in [7, 11) is -4.26. The lowest BCUT2D eigenvalue weighted by atomic mass is 9.91. The van der Waals surface area contributed by atoms with Crippen molar-refractivity contribution in [2.24, 2.45) is 0 Å². The first-order valence-corrected chi connectivity index (χ1v) is 8.52. The van der Waals surface area contributed by atoms with Crippen molar-refractivity contribution in [1.29, 1.82) is 0 Å². The zero-order valence-electron chi connectivity index (χ0n) is 14.2. The van der Waals surface area contributed by atoms with E-state index in [2.05, 4.69) is 11.9 Å². The molecule has 0 saturated carbocycles. The number of carbonyl (C=O) groups is 1. The maximum Gasteiger partial charge on any atom is 0.295 e. The van der Waals surface area contributed by atoms with Crippen LogP contribution in [0.2, 0.25) is 0 Å². The zero-order valence-corrected chi connectivity index (χ0v) is 15.0. The van der Waals surface area contributed by atoms with Gasteiger partial charge in [-0.2, -0.15) is 8.42 Å². The molecule has 7 heteroatoms. The third kappa shape index (κ3) is 4.89. The molecule has 5 N–H and O–H groups in total. The van der Waals surface area contributed by atoms with Crippen LogP contribution in [0.3, 0.4) is 0 Å². The highest BCUT2D eigenvalue weighted by molar-refractivity contribution is 7.86. The molecule has 0 unspecified atom stereocenters. The van der Waals surface area contributed by atoms with Crippen LogP contribution in [0.5, 0.6) is 0 Å². The molecule has 0 saturated heterocycles. The van der Waals surface area contributed by atoms with Crippen molar-refractivity contribution in [1.82, 2.24) is 11.5 Å². The number of hydrogen-bond donors (Lipinski definition) is 3. The second kappa shape index (κ2) is 8.24. The summed E-state index contributed by atoms with van der Waals surface area (Å²) < 4.78 is 32.7. The molecular weight excluding hydrogens is 316 g/mol. The minimum absolute atomic E-state index is 0. The number of carbonyl (C=O) groups excluding carboxylic acids is 1. The molecule has 0 fully saturated rings. The van der Waals surface area contributed by atoms with Gasteiger partial charge in [-0.3, -0.25) is 9.35 Å². The molecule has 0 radical (unpaired) electrons. The number of amides is 1. The first kappa shape index (κ1) is 21.3. The predicted molar refractivity (Wildman–Crippen MR) is 91.8 cm³/mol. The van der Waals surface area contributed by atoms with E-state index in [9.17, 15) is 17.8 Å². The summed E-state index contributed by atoms with van der Waals surface area (Å²) >= 11 is 0. The summed E-state index contributed by atoms with van der Waals surface area (Å²) in [5, 5.41) is 2.69. The first-order chi connectivity index (χ1) is 10.1. The third-order valence-electron chi connectivity index (χ3n) is 4.06. The highest BCUT2D eigenvalue weighted by atomic mass is 32.2. The van der Waals surface area contributed by atoms with Crippen LogP contribution in [0, 0.1) is 27.7 Å². The van der Waals surface area contributed by atoms with Gasteiger partial charge in [-0.25, -0.2) is 0 Å². The van der Waals surface area contributed by atoms with Gasteiger partial charge >= 0.3 is 0 Å². The number of rotatable bonds is 6. The van der Waals surface area contributed by atoms with Gasteiger partial charge in [0, 0.05) is 6.54 Å². The molecule has 1 rings (SSSR count). The van der Waals surface area contributed by atoms with E-state index in [0.717, 1.165) is 16.7 Å². The summed E-state index contributed by atoms with van der Waals surface area (Å²) in [4.78, 5) is 11.1. The SMILES string of the molecule is C=CC(=O)NCCCc1c(C)c(C)c(C)c(S(=O)(=O)O)c1C.N. The van der Waals surface area contributed by atoms with Gasteiger partial charge < -0.3 is 11.5 Å². The number of benzene rings is 1. The van der Waals surface area contributed by atoms with Crippen molar-refractivity contribution in [3.05, 3.63) is 40.5 Å². The van der Waals surface area contributed by atoms with Crippen LogP contribution in [0.15, 0.2) is 17.6 Å². The number of hydrogen-bond acceptors (Lipinski definition) is 4. The van der Waals surface area contributed by atoms with E-state index in [4.69, 9.17) is 0 Å². The fraction of sp³-hybridized carbons (Fsp3) is 0.438. The quantitative estimate of drug-likeness (QED) is 0.417. The molecule has 0 aliphatic carbocycles. The molecule has 0 spiro atoms. The van der Waals surface area contributed by atoms with Gasteiger partial charge in [-0.05, 0) is 74.4 Å². The molecular formula is C16H26N2O4S. The normalized spacial score (nSPS) is 10.8. The zero-order chi connectivity index (χ0) is 17.1. The second-order valence-electron chi connectivity index (χ2n) is 5.38. The summed E-state index contributed by atoms with van der Waals surface area (Å²) in [6.45, 7) is 11.1. The average molecular weight is 342 g/mol. The van der Waals surface area contributed by atoms with Crippen LogP contribution in [0.25, 0.3) is 0 Å². The summed E-state index contributed by atoms with van der Waals surface area (Å²) in [6.07, 6.45) is 2.51. The van der Waals surface area contributed by atoms with E-state index in [1.165, 1.54) is 6.08 Å². The van der Waals surface area contributed by atoms with Crippen molar-refractivity contribution >= 4 is 16.0 Å². The standard InChI is InChI=1S/C16H23NO4S.H3N/c1-6-15(18)17-9-7-8-14-11(3)10(2)12(4)16(13(14)5)22(19,20)21;/h6H,1,7-9H2,2-5H3,(H,17,18)(H,19,20,21);1H3. The van der Waals surface area contributed by atoms with Gasteiger partial charge in [0.2, 0.25) is 5.91 Å². The number of nitrogens with one attached hydrogen (secondary N) is 1. The Morgan fingerprint density at radius 2 is 1.70 bits per heavy atom. The van der Waals surface area contributed by atoms with Gasteiger partial charge in [-0.1, -0.05) is 6.58 Å². The minimum Gasteiger partial charge on any atom is -0.353 e. The molecule has 1 amide bonds. The maximum atomic E-state index is 11.6. The molecule has 0 aliphatic rings. The molecule has 6 nitrogen and oxygen atoms in total. The van der Waals surface area contributed by atoms with E-state index < -0.39 is 10.1 Å². The largest absolute Gasteiger partial charge is 0.353 e. The second-order valence-corrected chi connectivity index (χ2v) is 6.74. The molecule has 0 aliphatic heterocycles.